The molecule has 0 saturated carbocycles. The molecule has 0 bridgehead atoms. The Morgan fingerprint density at radius 3 is 2.58 bits per heavy atom. The molecule has 0 amide bonds. The molecule has 0 unspecified atom stereocenters. The van der Waals surface area contributed by atoms with E-state index in [0.29, 0.717) is 5.78 Å². The van der Waals surface area contributed by atoms with Crippen molar-refractivity contribution in [3.8, 4) is 5.69 Å². The smallest absolute Gasteiger partial charge is 0.252 e. The van der Waals surface area contributed by atoms with Crippen LogP contribution in [0.25, 0.3) is 11.5 Å². The average Bonchev–Trinajstić information content (AvgIpc) is 3.24. The van der Waals surface area contributed by atoms with Crippen LogP contribution in [-0.2, 0) is 12.8 Å². The molecule has 4 aromatic heterocycles. The second kappa shape index (κ2) is 5.80. The van der Waals surface area contributed by atoms with Crippen molar-refractivity contribution in [2.24, 2.45) is 0 Å². The van der Waals surface area contributed by atoms with Crippen molar-refractivity contribution < 1.29 is 0 Å². The van der Waals surface area contributed by atoms with E-state index in [1.807, 2.05) is 30.7 Å². The zero-order valence-electron chi connectivity index (χ0n) is 13.5. The summed E-state index contributed by atoms with van der Waals surface area (Å²) in [6.45, 7) is 4.05. The lowest BCUT2D eigenvalue weighted by Crippen LogP contribution is -2.09. The average molecular weight is 320 g/mol. The Morgan fingerprint density at radius 1 is 0.958 bits per heavy atom. The summed E-state index contributed by atoms with van der Waals surface area (Å²) in [6, 6.07) is 3.83. The molecule has 0 aliphatic rings. The Bertz CT molecular complexity index is 986. The molecule has 0 aliphatic carbocycles. The minimum absolute atomic E-state index is 0.633. The van der Waals surface area contributed by atoms with Gasteiger partial charge in [0.15, 0.2) is 0 Å². The maximum absolute atomic E-state index is 4.52. The standard InChI is InChI=1S/C16H16N8/c1-11-14(12(2)23-16(22-11)19-10-20-23)3-4-15-18-9-21-24(15)13-5-7-17-8-6-13/h5-10H,3-4H2,1-2H3. The van der Waals surface area contributed by atoms with Crippen molar-refractivity contribution in [2.45, 2.75) is 26.7 Å². The normalized spacial score (nSPS) is 11.2. The van der Waals surface area contributed by atoms with Gasteiger partial charge >= 0.3 is 0 Å². The fourth-order valence-corrected chi connectivity index (χ4v) is 2.89. The van der Waals surface area contributed by atoms with Crippen molar-refractivity contribution in [3.63, 3.8) is 0 Å². The zero-order chi connectivity index (χ0) is 16.5. The maximum atomic E-state index is 4.52. The molecule has 24 heavy (non-hydrogen) atoms. The van der Waals surface area contributed by atoms with Crippen LogP contribution in [0, 0.1) is 13.8 Å². The summed E-state index contributed by atoms with van der Waals surface area (Å²) in [7, 11) is 0. The van der Waals surface area contributed by atoms with Gasteiger partial charge in [-0.15, -0.1) is 0 Å². The van der Waals surface area contributed by atoms with E-state index in [0.717, 1.165) is 41.3 Å². The highest BCUT2D eigenvalue weighted by Gasteiger charge is 2.13. The molecular weight excluding hydrogens is 304 g/mol. The summed E-state index contributed by atoms with van der Waals surface area (Å²) in [5, 5.41) is 8.55. The van der Waals surface area contributed by atoms with Crippen LogP contribution >= 0.6 is 0 Å². The Balaban J connectivity index is 1.64. The molecule has 4 aromatic rings. The third kappa shape index (κ3) is 2.41. The fourth-order valence-electron chi connectivity index (χ4n) is 2.89. The van der Waals surface area contributed by atoms with E-state index in [4.69, 9.17) is 0 Å². The summed E-state index contributed by atoms with van der Waals surface area (Å²) >= 11 is 0. The van der Waals surface area contributed by atoms with E-state index >= 15 is 0 Å². The highest BCUT2D eigenvalue weighted by Crippen LogP contribution is 2.16. The number of nitrogens with zero attached hydrogens (tertiary/aromatic N) is 8. The van der Waals surface area contributed by atoms with E-state index in [1.165, 1.54) is 6.33 Å². The SMILES string of the molecule is Cc1nc2ncnn2c(C)c1CCc1ncnn1-c1ccncc1. The van der Waals surface area contributed by atoms with Gasteiger partial charge in [0.1, 0.15) is 18.5 Å². The number of hydrogen-bond acceptors (Lipinski definition) is 6. The first-order valence-corrected chi connectivity index (χ1v) is 7.69. The van der Waals surface area contributed by atoms with Gasteiger partial charge in [-0.25, -0.2) is 19.2 Å². The number of pyridine rings is 1. The lowest BCUT2D eigenvalue weighted by molar-refractivity contribution is 0.752. The monoisotopic (exact) mass is 320 g/mol. The van der Waals surface area contributed by atoms with E-state index in [-0.39, 0.29) is 0 Å². The summed E-state index contributed by atoms with van der Waals surface area (Å²) in [5.74, 6) is 1.53. The van der Waals surface area contributed by atoms with E-state index < -0.39 is 0 Å². The quantitative estimate of drug-likeness (QED) is 0.566. The minimum atomic E-state index is 0.633. The van der Waals surface area contributed by atoms with Gasteiger partial charge in [-0.3, -0.25) is 4.98 Å². The number of aromatic nitrogens is 8. The van der Waals surface area contributed by atoms with Crippen LogP contribution in [0.4, 0.5) is 0 Å². The van der Waals surface area contributed by atoms with Gasteiger partial charge in [0, 0.05) is 30.2 Å². The lowest BCUT2D eigenvalue weighted by Gasteiger charge is -2.10. The van der Waals surface area contributed by atoms with Gasteiger partial charge < -0.3 is 0 Å². The van der Waals surface area contributed by atoms with Gasteiger partial charge in [0.25, 0.3) is 5.78 Å². The van der Waals surface area contributed by atoms with Gasteiger partial charge in [-0.2, -0.15) is 15.2 Å². The molecule has 0 radical (unpaired) electrons. The third-order valence-electron chi connectivity index (χ3n) is 4.11. The lowest BCUT2D eigenvalue weighted by atomic mass is 10.1. The van der Waals surface area contributed by atoms with Crippen molar-refractivity contribution in [3.05, 3.63) is 60.0 Å². The van der Waals surface area contributed by atoms with Crippen LogP contribution < -0.4 is 0 Å². The molecule has 120 valence electrons. The Kier molecular flexibility index (Phi) is 3.49. The van der Waals surface area contributed by atoms with E-state index in [9.17, 15) is 0 Å². The molecule has 0 aliphatic heterocycles. The van der Waals surface area contributed by atoms with Gasteiger partial charge in [0.05, 0.1) is 5.69 Å². The molecule has 0 atom stereocenters. The molecular formula is C16H16N8. The van der Waals surface area contributed by atoms with Gasteiger partial charge in [0.2, 0.25) is 0 Å². The van der Waals surface area contributed by atoms with Crippen LogP contribution in [0.15, 0.2) is 37.2 Å². The van der Waals surface area contributed by atoms with Gasteiger partial charge in [-0.05, 0) is 38.0 Å². The Labute approximate surface area is 138 Å². The largest absolute Gasteiger partial charge is 0.265 e. The van der Waals surface area contributed by atoms with Crippen molar-refractivity contribution in [1.82, 2.24) is 39.3 Å². The first kappa shape index (κ1) is 14.4. The van der Waals surface area contributed by atoms with Crippen LogP contribution in [0.3, 0.4) is 0 Å². The molecule has 4 heterocycles. The van der Waals surface area contributed by atoms with Crippen LogP contribution in [0.5, 0.6) is 0 Å². The maximum Gasteiger partial charge on any atom is 0.252 e. The van der Waals surface area contributed by atoms with Crippen LogP contribution in [0.1, 0.15) is 22.8 Å². The number of aryl methyl sites for hydroxylation is 3. The third-order valence-corrected chi connectivity index (χ3v) is 4.11. The second-order valence-electron chi connectivity index (χ2n) is 5.53. The Morgan fingerprint density at radius 2 is 1.75 bits per heavy atom. The van der Waals surface area contributed by atoms with Crippen molar-refractivity contribution in [2.75, 3.05) is 0 Å². The predicted octanol–water partition coefficient (Wildman–Crippen LogP) is 1.50. The summed E-state index contributed by atoms with van der Waals surface area (Å²) in [4.78, 5) is 17.1. The Hall–Kier alpha value is -3.16. The first-order chi connectivity index (χ1) is 11.7. The second-order valence-corrected chi connectivity index (χ2v) is 5.53. The highest BCUT2D eigenvalue weighted by molar-refractivity contribution is 5.36. The number of hydrogen-bond donors (Lipinski definition) is 0. The van der Waals surface area contributed by atoms with E-state index in [1.54, 1.807) is 23.2 Å². The molecule has 0 N–H and O–H groups in total. The topological polar surface area (TPSA) is 86.7 Å². The summed E-state index contributed by atoms with van der Waals surface area (Å²) in [5.41, 5.74) is 4.15. The zero-order valence-corrected chi connectivity index (χ0v) is 13.5. The first-order valence-electron chi connectivity index (χ1n) is 7.69. The molecule has 0 saturated heterocycles. The van der Waals surface area contributed by atoms with Crippen LogP contribution in [-0.4, -0.2) is 39.3 Å². The molecule has 8 nitrogen and oxygen atoms in total. The molecule has 0 aromatic carbocycles. The van der Waals surface area contributed by atoms with Crippen molar-refractivity contribution in [1.29, 1.82) is 0 Å². The number of rotatable bonds is 4. The molecule has 8 heteroatoms. The summed E-state index contributed by atoms with van der Waals surface area (Å²) < 4.78 is 3.61. The molecule has 4 rings (SSSR count). The predicted molar refractivity (Wildman–Crippen MR) is 86.8 cm³/mol. The highest BCUT2D eigenvalue weighted by atomic mass is 15.3. The van der Waals surface area contributed by atoms with Crippen LogP contribution in [0.2, 0.25) is 0 Å². The fraction of sp³-hybridized carbons (Fsp3) is 0.250. The number of fused-ring (bicyclic) bond motifs is 1. The van der Waals surface area contributed by atoms with Crippen molar-refractivity contribution >= 4 is 5.78 Å². The molecule has 0 spiro atoms. The minimum Gasteiger partial charge on any atom is -0.265 e. The molecule has 0 fully saturated rings. The van der Waals surface area contributed by atoms with E-state index in [2.05, 4.69) is 30.1 Å². The summed E-state index contributed by atoms with van der Waals surface area (Å²) in [6.07, 6.45) is 8.17. The van der Waals surface area contributed by atoms with Gasteiger partial charge in [-0.1, -0.05) is 0 Å².